The van der Waals surface area contributed by atoms with Gasteiger partial charge in [0.25, 0.3) is 0 Å². The van der Waals surface area contributed by atoms with Crippen molar-refractivity contribution in [1.29, 1.82) is 10.5 Å². The van der Waals surface area contributed by atoms with E-state index in [4.69, 9.17) is 0 Å². The molecule has 3 rings (SSSR count). The van der Waals surface area contributed by atoms with Gasteiger partial charge in [-0.05, 0) is 42.3 Å². The molecule has 2 aromatic carbocycles. The van der Waals surface area contributed by atoms with Crippen molar-refractivity contribution in [3.05, 3.63) is 70.4 Å². The zero-order valence-electron chi connectivity index (χ0n) is 18.4. The standard InChI is InChI=1S/C22H19FN4O5S2/c1-14-19(13-25)21(18-8-7-16(12-24)10-20(18)33(2,29)30)27(34(3,31)32)22(28)26(14)17-6-4-5-15(9-17)11-23/h4-10,21H,11H2,1-3H3/t21-/m1/s1. The summed E-state index contributed by atoms with van der Waals surface area (Å²) >= 11 is 0. The van der Waals surface area contributed by atoms with Crippen molar-refractivity contribution in [2.24, 2.45) is 0 Å². The second-order valence-electron chi connectivity index (χ2n) is 7.63. The molecular weight excluding hydrogens is 483 g/mol. The van der Waals surface area contributed by atoms with E-state index in [1.165, 1.54) is 43.3 Å². The summed E-state index contributed by atoms with van der Waals surface area (Å²) in [6.07, 6.45) is 1.63. The summed E-state index contributed by atoms with van der Waals surface area (Å²) in [6.45, 7) is 0.583. The molecule has 12 heteroatoms. The summed E-state index contributed by atoms with van der Waals surface area (Å²) < 4.78 is 64.3. The van der Waals surface area contributed by atoms with Gasteiger partial charge in [0, 0.05) is 12.0 Å². The summed E-state index contributed by atoms with van der Waals surface area (Å²) in [5.41, 5.74) is 0.0775. The molecule has 0 fully saturated rings. The number of carbonyl (C=O) groups is 1. The lowest BCUT2D eigenvalue weighted by Crippen LogP contribution is -2.51. The number of urea groups is 1. The van der Waals surface area contributed by atoms with E-state index in [2.05, 4.69) is 0 Å². The molecule has 9 nitrogen and oxygen atoms in total. The van der Waals surface area contributed by atoms with Crippen LogP contribution in [0, 0.1) is 22.7 Å². The Balaban J connectivity index is 2.41. The summed E-state index contributed by atoms with van der Waals surface area (Å²) in [5, 5.41) is 19.2. The largest absolute Gasteiger partial charge is 0.343 e. The van der Waals surface area contributed by atoms with Gasteiger partial charge in [0.1, 0.15) is 12.7 Å². The highest BCUT2D eigenvalue weighted by atomic mass is 32.2. The lowest BCUT2D eigenvalue weighted by atomic mass is 9.94. The van der Waals surface area contributed by atoms with Crippen molar-refractivity contribution < 1.29 is 26.0 Å². The minimum atomic E-state index is -4.35. The average molecular weight is 503 g/mol. The van der Waals surface area contributed by atoms with E-state index >= 15 is 0 Å². The Bertz CT molecular complexity index is 1520. The van der Waals surface area contributed by atoms with E-state index in [1.54, 1.807) is 0 Å². The number of benzene rings is 2. The van der Waals surface area contributed by atoms with E-state index in [1.807, 2.05) is 12.1 Å². The van der Waals surface area contributed by atoms with Gasteiger partial charge in [0.15, 0.2) is 9.84 Å². The van der Waals surface area contributed by atoms with Crippen LogP contribution in [0.1, 0.15) is 29.7 Å². The number of nitrogens with zero attached hydrogens (tertiary/aromatic N) is 4. The zero-order chi connectivity index (χ0) is 25.4. The molecule has 1 heterocycles. The van der Waals surface area contributed by atoms with E-state index in [0.29, 0.717) is 4.31 Å². The van der Waals surface area contributed by atoms with Crippen LogP contribution < -0.4 is 4.90 Å². The van der Waals surface area contributed by atoms with Crippen molar-refractivity contribution in [3.63, 3.8) is 0 Å². The second kappa shape index (κ2) is 8.89. The lowest BCUT2D eigenvalue weighted by Gasteiger charge is -2.40. The first-order valence-electron chi connectivity index (χ1n) is 9.68. The molecule has 0 saturated carbocycles. The highest BCUT2D eigenvalue weighted by molar-refractivity contribution is 7.90. The van der Waals surface area contributed by atoms with Gasteiger partial charge in [0.05, 0.1) is 40.1 Å². The number of carbonyl (C=O) groups excluding carboxylic acids is 1. The Kier molecular flexibility index (Phi) is 6.51. The number of halogens is 1. The number of rotatable bonds is 5. The van der Waals surface area contributed by atoms with Crippen LogP contribution in [0.4, 0.5) is 14.9 Å². The highest BCUT2D eigenvalue weighted by Crippen LogP contribution is 2.42. The fraction of sp³-hybridized carbons (Fsp3) is 0.227. The van der Waals surface area contributed by atoms with Crippen molar-refractivity contribution >= 4 is 31.6 Å². The first-order chi connectivity index (χ1) is 15.8. The van der Waals surface area contributed by atoms with Gasteiger partial charge in [-0.2, -0.15) is 10.5 Å². The maximum atomic E-state index is 13.5. The monoisotopic (exact) mass is 502 g/mol. The topological polar surface area (TPSA) is 139 Å². The summed E-state index contributed by atoms with van der Waals surface area (Å²) in [7, 11) is -8.35. The van der Waals surface area contributed by atoms with Crippen LogP contribution in [-0.4, -0.2) is 39.7 Å². The summed E-state index contributed by atoms with van der Waals surface area (Å²) in [5.74, 6) is 0. The molecule has 0 N–H and O–H groups in total. The van der Waals surface area contributed by atoms with Crippen LogP contribution in [-0.2, 0) is 26.5 Å². The zero-order valence-corrected chi connectivity index (χ0v) is 20.0. The molecule has 0 bridgehead atoms. The molecule has 0 aromatic heterocycles. The molecule has 1 atom stereocenters. The van der Waals surface area contributed by atoms with Crippen molar-refractivity contribution in [2.45, 2.75) is 24.5 Å². The third kappa shape index (κ3) is 4.38. The van der Waals surface area contributed by atoms with Gasteiger partial charge in [0.2, 0.25) is 10.0 Å². The lowest BCUT2D eigenvalue weighted by molar-refractivity contribution is 0.221. The minimum absolute atomic E-state index is 0.00101. The van der Waals surface area contributed by atoms with Crippen molar-refractivity contribution in [1.82, 2.24) is 4.31 Å². The maximum absolute atomic E-state index is 13.5. The van der Waals surface area contributed by atoms with Crippen molar-refractivity contribution in [2.75, 3.05) is 17.4 Å². The molecular formula is C22H19FN4O5S2. The van der Waals surface area contributed by atoms with Gasteiger partial charge in [-0.25, -0.2) is 30.3 Å². The SMILES string of the molecule is CC1=C(C#N)[C@@H](c2ccc(C#N)cc2S(C)(=O)=O)N(S(C)(=O)=O)C(=O)N1c1cccc(CF)c1. The first kappa shape index (κ1) is 24.9. The molecule has 0 spiro atoms. The normalized spacial score (nSPS) is 16.9. The number of allylic oxidation sites excluding steroid dienone is 1. The maximum Gasteiger partial charge on any atom is 0.343 e. The van der Waals surface area contributed by atoms with Gasteiger partial charge in [-0.3, -0.25) is 4.90 Å². The highest BCUT2D eigenvalue weighted by Gasteiger charge is 2.46. The third-order valence-electron chi connectivity index (χ3n) is 5.25. The fourth-order valence-corrected chi connectivity index (χ4v) is 5.70. The molecule has 0 aliphatic carbocycles. The Morgan fingerprint density at radius 2 is 1.71 bits per heavy atom. The van der Waals surface area contributed by atoms with Crippen LogP contribution in [0.3, 0.4) is 0 Å². The Hall–Kier alpha value is -3.74. The van der Waals surface area contributed by atoms with Crippen molar-refractivity contribution in [3.8, 4) is 12.1 Å². The van der Waals surface area contributed by atoms with Gasteiger partial charge in [-0.1, -0.05) is 18.2 Å². The van der Waals surface area contributed by atoms with E-state index in [0.717, 1.165) is 23.5 Å². The quantitative estimate of drug-likeness (QED) is 0.612. The molecule has 2 aromatic rings. The van der Waals surface area contributed by atoms with Crippen LogP contribution in [0.15, 0.2) is 58.6 Å². The molecule has 0 saturated heterocycles. The first-order valence-corrected chi connectivity index (χ1v) is 13.4. The second-order valence-corrected chi connectivity index (χ2v) is 11.5. The number of nitriles is 2. The summed E-state index contributed by atoms with van der Waals surface area (Å²) in [4.78, 5) is 14.1. The van der Waals surface area contributed by atoms with E-state index in [-0.39, 0.29) is 38.5 Å². The molecule has 1 aliphatic rings. The van der Waals surface area contributed by atoms with Gasteiger partial charge in [-0.15, -0.1) is 0 Å². The predicted octanol–water partition coefficient (Wildman–Crippen LogP) is 3.17. The fourth-order valence-electron chi connectivity index (χ4n) is 3.78. The number of anilines is 1. The molecule has 1 aliphatic heterocycles. The number of sulfone groups is 1. The van der Waals surface area contributed by atoms with Gasteiger partial charge >= 0.3 is 6.03 Å². The van der Waals surface area contributed by atoms with E-state index in [9.17, 15) is 36.5 Å². The minimum Gasteiger partial charge on any atom is -0.265 e. The Morgan fingerprint density at radius 3 is 2.24 bits per heavy atom. The molecule has 34 heavy (non-hydrogen) atoms. The van der Waals surface area contributed by atoms with Crippen LogP contribution >= 0.6 is 0 Å². The molecule has 2 amide bonds. The number of hydrogen-bond donors (Lipinski definition) is 0. The number of sulfonamides is 1. The average Bonchev–Trinajstić information content (AvgIpc) is 2.77. The van der Waals surface area contributed by atoms with Crippen LogP contribution in [0.25, 0.3) is 0 Å². The third-order valence-corrected chi connectivity index (χ3v) is 7.48. The van der Waals surface area contributed by atoms with E-state index < -0.39 is 38.6 Å². The number of alkyl halides is 1. The molecule has 0 unspecified atom stereocenters. The smallest absolute Gasteiger partial charge is 0.265 e. The Labute approximate surface area is 196 Å². The summed E-state index contributed by atoms with van der Waals surface area (Å²) in [6, 6.07) is 10.4. The molecule has 0 radical (unpaired) electrons. The molecule has 176 valence electrons. The van der Waals surface area contributed by atoms with Gasteiger partial charge < -0.3 is 0 Å². The predicted molar refractivity (Wildman–Crippen MR) is 121 cm³/mol. The van der Waals surface area contributed by atoms with Crippen LogP contribution in [0.5, 0.6) is 0 Å². The number of hydrogen-bond acceptors (Lipinski definition) is 7. The Morgan fingerprint density at radius 1 is 1.03 bits per heavy atom. The number of amides is 2. The van der Waals surface area contributed by atoms with Crippen LogP contribution in [0.2, 0.25) is 0 Å².